The Morgan fingerprint density at radius 2 is 1.34 bits per heavy atom. The third-order valence-corrected chi connectivity index (χ3v) is 6.99. The van der Waals surface area contributed by atoms with Crippen LogP contribution in [0.2, 0.25) is 0 Å². The van der Waals surface area contributed by atoms with Gasteiger partial charge in [-0.1, -0.05) is 78.9 Å². The number of aromatic nitrogens is 1. The van der Waals surface area contributed by atoms with Crippen molar-refractivity contribution in [1.29, 1.82) is 0 Å². The minimum absolute atomic E-state index is 0.186. The summed E-state index contributed by atoms with van der Waals surface area (Å²) in [5, 5.41) is 4.84. The first kappa shape index (κ1) is 20.0. The molecule has 3 nitrogen and oxygen atoms in total. The predicted molar refractivity (Wildman–Crippen MR) is 145 cm³/mol. The minimum Gasteiger partial charge on any atom is -0.309 e. The SMILES string of the molecule is C1=Nc2ccccc2[NH2+]C1c1ccc(-n2c3ccccc3c3cc(-c4ccccc4)ccc32)cc1. The van der Waals surface area contributed by atoms with E-state index in [0.717, 1.165) is 5.69 Å². The molecule has 0 radical (unpaired) electrons. The first-order valence-electron chi connectivity index (χ1n) is 12.0. The van der Waals surface area contributed by atoms with E-state index in [2.05, 4.69) is 130 Å². The highest BCUT2D eigenvalue weighted by Gasteiger charge is 2.20. The van der Waals surface area contributed by atoms with E-state index in [1.54, 1.807) is 0 Å². The van der Waals surface area contributed by atoms with Gasteiger partial charge in [-0.05, 0) is 47.5 Å². The Labute approximate surface area is 204 Å². The second-order valence-electron chi connectivity index (χ2n) is 9.07. The van der Waals surface area contributed by atoms with E-state index < -0.39 is 0 Å². The lowest BCUT2D eigenvalue weighted by molar-refractivity contribution is -0.598. The highest BCUT2D eigenvalue weighted by atomic mass is 15.0. The highest BCUT2D eigenvalue weighted by molar-refractivity contribution is 6.10. The third-order valence-electron chi connectivity index (χ3n) is 6.99. The molecule has 1 unspecified atom stereocenters. The van der Waals surface area contributed by atoms with Gasteiger partial charge < -0.3 is 9.88 Å². The molecule has 1 aromatic heterocycles. The predicted octanol–water partition coefficient (Wildman–Crippen LogP) is 7.10. The highest BCUT2D eigenvalue weighted by Crippen LogP contribution is 2.35. The topological polar surface area (TPSA) is 33.9 Å². The van der Waals surface area contributed by atoms with Crippen LogP contribution in [-0.4, -0.2) is 10.8 Å². The van der Waals surface area contributed by atoms with Gasteiger partial charge in [0.05, 0.1) is 17.2 Å². The lowest BCUT2D eigenvalue weighted by Crippen LogP contribution is -2.80. The normalized spacial score (nSPS) is 14.9. The summed E-state index contributed by atoms with van der Waals surface area (Å²) in [4.78, 5) is 4.68. The van der Waals surface area contributed by atoms with Gasteiger partial charge >= 0.3 is 0 Å². The van der Waals surface area contributed by atoms with Crippen molar-refractivity contribution >= 4 is 39.4 Å². The van der Waals surface area contributed by atoms with Gasteiger partial charge in [0.15, 0.2) is 11.7 Å². The van der Waals surface area contributed by atoms with E-state index in [-0.39, 0.29) is 6.04 Å². The van der Waals surface area contributed by atoms with Crippen molar-refractivity contribution in [3.63, 3.8) is 0 Å². The maximum atomic E-state index is 4.68. The summed E-state index contributed by atoms with van der Waals surface area (Å²) in [7, 11) is 0. The van der Waals surface area contributed by atoms with Crippen LogP contribution in [0.5, 0.6) is 0 Å². The van der Waals surface area contributed by atoms with Gasteiger partial charge in [-0.15, -0.1) is 0 Å². The Bertz CT molecular complexity index is 1710. The molecule has 0 bridgehead atoms. The van der Waals surface area contributed by atoms with Gasteiger partial charge in [-0.25, -0.2) is 4.99 Å². The third kappa shape index (κ3) is 3.37. The Hall–Kier alpha value is -4.47. The molecule has 2 heterocycles. The number of rotatable bonds is 3. The molecule has 0 fully saturated rings. The van der Waals surface area contributed by atoms with Crippen molar-refractivity contribution < 1.29 is 5.32 Å². The zero-order valence-electron chi connectivity index (χ0n) is 19.2. The smallest absolute Gasteiger partial charge is 0.156 e. The van der Waals surface area contributed by atoms with E-state index in [9.17, 15) is 0 Å². The lowest BCUT2D eigenvalue weighted by Gasteiger charge is -2.17. The maximum absolute atomic E-state index is 4.68. The first-order chi connectivity index (χ1) is 17.3. The van der Waals surface area contributed by atoms with Crippen LogP contribution in [0.15, 0.2) is 126 Å². The molecule has 3 heteroatoms. The summed E-state index contributed by atoms with van der Waals surface area (Å²) >= 11 is 0. The van der Waals surface area contributed by atoms with Crippen LogP contribution in [0.1, 0.15) is 11.6 Å². The molecule has 0 spiro atoms. The van der Waals surface area contributed by atoms with Crippen molar-refractivity contribution in [2.75, 3.05) is 0 Å². The second-order valence-corrected chi connectivity index (χ2v) is 9.07. The largest absolute Gasteiger partial charge is 0.309 e. The van der Waals surface area contributed by atoms with Crippen LogP contribution in [-0.2, 0) is 0 Å². The Morgan fingerprint density at radius 3 is 2.23 bits per heavy atom. The molecule has 1 atom stereocenters. The fourth-order valence-corrected chi connectivity index (χ4v) is 5.23. The molecule has 1 aliphatic heterocycles. The summed E-state index contributed by atoms with van der Waals surface area (Å²) in [5.74, 6) is 0. The van der Waals surface area contributed by atoms with Crippen LogP contribution < -0.4 is 5.32 Å². The van der Waals surface area contributed by atoms with E-state index in [1.165, 1.54) is 49.9 Å². The molecule has 35 heavy (non-hydrogen) atoms. The van der Waals surface area contributed by atoms with Gasteiger partial charge in [0.2, 0.25) is 0 Å². The fraction of sp³-hybridized carbons (Fsp3) is 0.0312. The number of hydrogen-bond acceptors (Lipinski definition) is 1. The van der Waals surface area contributed by atoms with E-state index in [1.807, 2.05) is 12.3 Å². The molecular weight excluding hydrogens is 426 g/mol. The van der Waals surface area contributed by atoms with Crippen LogP contribution >= 0.6 is 0 Å². The Kier molecular flexibility index (Phi) is 4.61. The van der Waals surface area contributed by atoms with Gasteiger partial charge in [0, 0.05) is 28.1 Å². The van der Waals surface area contributed by atoms with Crippen molar-refractivity contribution in [3.05, 3.63) is 127 Å². The average molecular weight is 451 g/mol. The molecule has 166 valence electrons. The Morgan fingerprint density at radius 1 is 0.600 bits per heavy atom. The standard InChI is InChI=1S/C32H23N3/c1-2-8-22(9-3-1)24-16-19-32-27(20-24)26-10-4-7-13-31(26)35(32)25-17-14-23(15-18-25)30-21-33-28-11-5-6-12-29(28)34-30/h1-21,30,34H/p+1. The molecule has 0 aliphatic carbocycles. The maximum Gasteiger partial charge on any atom is 0.156 e. The van der Waals surface area contributed by atoms with Crippen LogP contribution in [0.3, 0.4) is 0 Å². The van der Waals surface area contributed by atoms with Gasteiger partial charge in [0.25, 0.3) is 0 Å². The summed E-state index contributed by atoms with van der Waals surface area (Å²) in [6, 6.07) is 43.5. The molecule has 0 amide bonds. The van der Waals surface area contributed by atoms with E-state index in [0.29, 0.717) is 0 Å². The number of hydrogen-bond donors (Lipinski definition) is 1. The van der Waals surface area contributed by atoms with Crippen LogP contribution in [0, 0.1) is 0 Å². The number of aliphatic imine (C=N–C) groups is 1. The molecule has 2 N–H and O–H groups in total. The summed E-state index contributed by atoms with van der Waals surface area (Å²) in [5.41, 5.74) is 9.57. The average Bonchev–Trinajstić information content (AvgIpc) is 3.27. The van der Waals surface area contributed by atoms with Crippen LogP contribution in [0.4, 0.5) is 11.4 Å². The number of fused-ring (bicyclic) bond motifs is 4. The van der Waals surface area contributed by atoms with Crippen molar-refractivity contribution in [3.8, 4) is 16.8 Å². The monoisotopic (exact) mass is 450 g/mol. The van der Waals surface area contributed by atoms with E-state index >= 15 is 0 Å². The summed E-state index contributed by atoms with van der Waals surface area (Å²) in [6.45, 7) is 0. The van der Waals surface area contributed by atoms with Crippen molar-refractivity contribution in [2.45, 2.75) is 6.04 Å². The fourth-order valence-electron chi connectivity index (χ4n) is 5.23. The molecule has 1 aliphatic rings. The molecule has 7 rings (SSSR count). The minimum atomic E-state index is 0.186. The quantitative estimate of drug-likeness (QED) is 0.279. The summed E-state index contributed by atoms with van der Waals surface area (Å²) < 4.78 is 2.37. The molecule has 5 aromatic carbocycles. The van der Waals surface area contributed by atoms with Gasteiger partial charge in [-0.3, -0.25) is 0 Å². The zero-order valence-corrected chi connectivity index (χ0v) is 19.2. The van der Waals surface area contributed by atoms with Gasteiger partial charge in [0.1, 0.15) is 5.69 Å². The first-order valence-corrected chi connectivity index (χ1v) is 12.0. The van der Waals surface area contributed by atoms with Gasteiger partial charge in [-0.2, -0.15) is 0 Å². The second kappa shape index (κ2) is 8.08. The molecule has 6 aromatic rings. The molecular formula is C32H24N3+. The number of para-hydroxylation sites is 3. The lowest BCUT2D eigenvalue weighted by atomic mass is 10.0. The van der Waals surface area contributed by atoms with Crippen molar-refractivity contribution in [2.24, 2.45) is 4.99 Å². The zero-order chi connectivity index (χ0) is 23.2. The Balaban J connectivity index is 1.31. The van der Waals surface area contributed by atoms with Crippen LogP contribution in [0.25, 0.3) is 38.6 Å². The number of quaternary nitrogens is 1. The molecule has 0 saturated heterocycles. The summed E-state index contributed by atoms with van der Waals surface area (Å²) in [6.07, 6.45) is 2.04. The van der Waals surface area contributed by atoms with E-state index in [4.69, 9.17) is 0 Å². The molecule has 0 saturated carbocycles. The number of nitrogens with zero attached hydrogens (tertiary/aromatic N) is 2. The number of nitrogens with two attached hydrogens (primary N) is 1. The number of benzene rings is 5. The van der Waals surface area contributed by atoms with Crippen molar-refractivity contribution in [1.82, 2.24) is 4.57 Å².